The molecule has 15 heavy (non-hydrogen) atoms. The fourth-order valence-electron chi connectivity index (χ4n) is 1.45. The van der Waals surface area contributed by atoms with Gasteiger partial charge in [-0.15, -0.1) is 0 Å². The maximum atomic E-state index is 10.4. The van der Waals surface area contributed by atoms with Crippen LogP contribution in [-0.4, -0.2) is 14.7 Å². The normalized spacial score (nSPS) is 10.5. The van der Waals surface area contributed by atoms with Gasteiger partial charge in [0.05, 0.1) is 4.92 Å². The summed E-state index contributed by atoms with van der Waals surface area (Å²) >= 11 is 0. The lowest BCUT2D eigenvalue weighted by molar-refractivity contribution is -0.385. The predicted molar refractivity (Wildman–Crippen MR) is 57.6 cm³/mol. The quantitative estimate of drug-likeness (QED) is 0.396. The third kappa shape index (κ3) is 4.10. The van der Waals surface area contributed by atoms with Crippen molar-refractivity contribution in [3.63, 3.8) is 0 Å². The average Bonchev–Trinajstić information content (AvgIpc) is 2.66. The highest BCUT2D eigenvalue weighted by Crippen LogP contribution is 2.09. The van der Waals surface area contributed by atoms with E-state index in [2.05, 4.69) is 12.0 Å². The molecular weight excluding hydrogens is 194 g/mol. The number of nitro groups is 1. The molecule has 0 radical (unpaired) electrons. The molecule has 0 atom stereocenters. The Bertz CT molecular complexity index is 309. The molecule has 0 N–H and O–H groups in total. The molecule has 0 fully saturated rings. The molecule has 84 valence electrons. The van der Waals surface area contributed by atoms with Crippen molar-refractivity contribution in [2.75, 3.05) is 0 Å². The van der Waals surface area contributed by atoms with Gasteiger partial charge in [0.15, 0.2) is 0 Å². The first-order chi connectivity index (χ1) is 7.24. The molecule has 0 saturated carbocycles. The van der Waals surface area contributed by atoms with Crippen LogP contribution in [0, 0.1) is 10.1 Å². The van der Waals surface area contributed by atoms with Crippen molar-refractivity contribution in [2.45, 2.75) is 45.6 Å². The molecule has 0 unspecified atom stereocenters. The molecule has 0 spiro atoms. The number of aromatic nitrogens is 2. The van der Waals surface area contributed by atoms with Gasteiger partial charge in [0.1, 0.15) is 12.4 Å². The zero-order valence-corrected chi connectivity index (χ0v) is 9.06. The van der Waals surface area contributed by atoms with Crippen molar-refractivity contribution in [2.24, 2.45) is 0 Å². The van der Waals surface area contributed by atoms with Crippen LogP contribution in [0.15, 0.2) is 12.4 Å². The molecule has 1 heterocycles. The van der Waals surface area contributed by atoms with Crippen LogP contribution < -0.4 is 0 Å². The molecule has 0 aliphatic heterocycles. The average molecular weight is 211 g/mol. The number of hydrogen-bond donors (Lipinski definition) is 0. The first-order valence-corrected chi connectivity index (χ1v) is 5.41. The first kappa shape index (κ1) is 11.7. The molecule has 0 saturated heterocycles. The van der Waals surface area contributed by atoms with E-state index in [0.717, 1.165) is 13.0 Å². The number of hydrogen-bond acceptors (Lipinski definition) is 3. The third-order valence-electron chi connectivity index (χ3n) is 2.32. The van der Waals surface area contributed by atoms with E-state index in [9.17, 15) is 10.1 Å². The first-order valence-electron chi connectivity index (χ1n) is 5.41. The predicted octanol–water partition coefficient (Wildman–Crippen LogP) is 2.76. The molecule has 1 aromatic rings. The summed E-state index contributed by atoms with van der Waals surface area (Å²) in [6.07, 6.45) is 8.72. The fraction of sp³-hybridized carbons (Fsp3) is 0.700. The lowest BCUT2D eigenvalue weighted by atomic mass is 10.1. The lowest BCUT2D eigenvalue weighted by Gasteiger charge is -2.00. The maximum absolute atomic E-state index is 10.4. The number of rotatable bonds is 7. The van der Waals surface area contributed by atoms with E-state index in [4.69, 9.17) is 0 Å². The minimum Gasteiger partial charge on any atom is -0.266 e. The van der Waals surface area contributed by atoms with E-state index >= 15 is 0 Å². The molecule has 0 amide bonds. The van der Waals surface area contributed by atoms with E-state index in [1.165, 1.54) is 38.1 Å². The van der Waals surface area contributed by atoms with Gasteiger partial charge in [-0.25, -0.2) is 0 Å². The number of aryl methyl sites for hydroxylation is 1. The standard InChI is InChI=1S/C10H17N3O2/c1-2-3-4-5-6-7-12-9-10(8-11-12)13(14)15/h8-9H,2-7H2,1H3. The minimum atomic E-state index is -0.416. The summed E-state index contributed by atoms with van der Waals surface area (Å²) in [7, 11) is 0. The van der Waals surface area contributed by atoms with Crippen molar-refractivity contribution in [1.82, 2.24) is 9.78 Å². The molecular formula is C10H17N3O2. The van der Waals surface area contributed by atoms with Gasteiger partial charge < -0.3 is 0 Å². The van der Waals surface area contributed by atoms with Crippen LogP contribution in [0.4, 0.5) is 5.69 Å². The van der Waals surface area contributed by atoms with Crippen LogP contribution in [0.5, 0.6) is 0 Å². The van der Waals surface area contributed by atoms with E-state index in [1.54, 1.807) is 4.68 Å². The van der Waals surface area contributed by atoms with E-state index < -0.39 is 4.92 Å². The minimum absolute atomic E-state index is 0.0727. The molecule has 0 aliphatic rings. The highest BCUT2D eigenvalue weighted by atomic mass is 16.6. The largest absolute Gasteiger partial charge is 0.306 e. The topological polar surface area (TPSA) is 61.0 Å². The van der Waals surface area contributed by atoms with E-state index in [0.29, 0.717) is 0 Å². The van der Waals surface area contributed by atoms with Crippen molar-refractivity contribution in [3.05, 3.63) is 22.5 Å². The highest BCUT2D eigenvalue weighted by Gasteiger charge is 2.07. The van der Waals surface area contributed by atoms with Gasteiger partial charge >= 0.3 is 5.69 Å². The van der Waals surface area contributed by atoms with Gasteiger partial charge in [0.2, 0.25) is 0 Å². The van der Waals surface area contributed by atoms with Gasteiger partial charge in [0.25, 0.3) is 0 Å². The fourth-order valence-corrected chi connectivity index (χ4v) is 1.45. The van der Waals surface area contributed by atoms with Gasteiger partial charge in [-0.2, -0.15) is 5.10 Å². The Morgan fingerprint density at radius 2 is 2.13 bits per heavy atom. The summed E-state index contributed by atoms with van der Waals surface area (Å²) in [5.41, 5.74) is 0.0727. The summed E-state index contributed by atoms with van der Waals surface area (Å²) in [6, 6.07) is 0. The van der Waals surface area contributed by atoms with Crippen LogP contribution in [0.3, 0.4) is 0 Å². The van der Waals surface area contributed by atoms with Crippen molar-refractivity contribution >= 4 is 5.69 Å². The van der Waals surface area contributed by atoms with Crippen molar-refractivity contribution in [1.29, 1.82) is 0 Å². The SMILES string of the molecule is CCCCCCCn1cc([N+](=O)[O-])cn1. The van der Waals surface area contributed by atoms with Crippen molar-refractivity contribution in [3.8, 4) is 0 Å². The maximum Gasteiger partial charge on any atom is 0.306 e. The van der Waals surface area contributed by atoms with Crippen LogP contribution in [0.25, 0.3) is 0 Å². The van der Waals surface area contributed by atoms with E-state index in [-0.39, 0.29) is 5.69 Å². The Balaban J connectivity index is 2.23. The highest BCUT2D eigenvalue weighted by molar-refractivity contribution is 5.20. The van der Waals surface area contributed by atoms with Gasteiger partial charge in [-0.05, 0) is 6.42 Å². The molecule has 5 heteroatoms. The summed E-state index contributed by atoms with van der Waals surface area (Å²) in [6.45, 7) is 2.95. The van der Waals surface area contributed by atoms with Gasteiger partial charge in [0, 0.05) is 6.54 Å². The number of unbranched alkanes of at least 4 members (excludes halogenated alkanes) is 4. The summed E-state index contributed by atoms with van der Waals surface area (Å²) in [5, 5.41) is 14.3. The molecule has 5 nitrogen and oxygen atoms in total. The molecule has 0 aliphatic carbocycles. The molecule has 0 bridgehead atoms. The van der Waals surface area contributed by atoms with Gasteiger partial charge in [-0.3, -0.25) is 14.8 Å². The molecule has 1 rings (SSSR count). The van der Waals surface area contributed by atoms with Crippen LogP contribution >= 0.6 is 0 Å². The Kier molecular flexibility index (Phi) is 4.80. The Morgan fingerprint density at radius 3 is 2.73 bits per heavy atom. The molecule has 0 aromatic carbocycles. The second-order valence-corrected chi connectivity index (χ2v) is 3.63. The van der Waals surface area contributed by atoms with Crippen LogP contribution in [0.1, 0.15) is 39.0 Å². The Hall–Kier alpha value is -1.39. The van der Waals surface area contributed by atoms with E-state index in [1.807, 2.05) is 0 Å². The summed E-state index contributed by atoms with van der Waals surface area (Å²) in [4.78, 5) is 9.97. The zero-order chi connectivity index (χ0) is 11.1. The van der Waals surface area contributed by atoms with Crippen LogP contribution in [0.2, 0.25) is 0 Å². The molecule has 1 aromatic heterocycles. The van der Waals surface area contributed by atoms with Gasteiger partial charge in [-0.1, -0.05) is 32.6 Å². The smallest absolute Gasteiger partial charge is 0.266 e. The summed E-state index contributed by atoms with van der Waals surface area (Å²) in [5.74, 6) is 0. The lowest BCUT2D eigenvalue weighted by Crippen LogP contribution is -1.98. The Labute approximate surface area is 89.2 Å². The zero-order valence-electron chi connectivity index (χ0n) is 9.06. The third-order valence-corrected chi connectivity index (χ3v) is 2.32. The van der Waals surface area contributed by atoms with Crippen molar-refractivity contribution < 1.29 is 4.92 Å². The Morgan fingerprint density at radius 1 is 1.40 bits per heavy atom. The summed E-state index contributed by atoms with van der Waals surface area (Å²) < 4.78 is 1.64. The van der Waals surface area contributed by atoms with Crippen LogP contribution in [-0.2, 0) is 6.54 Å². The number of nitrogens with zero attached hydrogens (tertiary/aromatic N) is 3. The monoisotopic (exact) mass is 211 g/mol. The second kappa shape index (κ2) is 6.16. The second-order valence-electron chi connectivity index (χ2n) is 3.63.